The highest BCUT2D eigenvalue weighted by molar-refractivity contribution is 6.64. The first-order chi connectivity index (χ1) is 10.1. The molecule has 0 aliphatic carbocycles. The molecule has 116 valence electrons. The van der Waals surface area contributed by atoms with Crippen molar-refractivity contribution in [1.82, 2.24) is 9.88 Å². The molecule has 2 heterocycles. The molecule has 21 heavy (non-hydrogen) atoms. The summed E-state index contributed by atoms with van der Waals surface area (Å²) in [6.07, 6.45) is 3.16. The van der Waals surface area contributed by atoms with E-state index >= 15 is 0 Å². The van der Waals surface area contributed by atoms with Gasteiger partial charge in [0.2, 0.25) is 0 Å². The second-order valence-corrected chi connectivity index (χ2v) is 8.69. The first-order valence-corrected chi connectivity index (χ1v) is 9.96. The van der Waals surface area contributed by atoms with E-state index in [1.165, 1.54) is 0 Å². The Morgan fingerprint density at radius 2 is 1.90 bits per heavy atom. The van der Waals surface area contributed by atoms with Crippen molar-refractivity contribution in [2.45, 2.75) is 13.1 Å². The summed E-state index contributed by atoms with van der Waals surface area (Å²) in [6.45, 7) is 8.17. The van der Waals surface area contributed by atoms with Gasteiger partial charge in [-0.25, -0.2) is 4.79 Å². The SMILES string of the molecule is C[Si]1(C)OCCN(CCOC(=O)c2ccncc2)CCO1. The van der Waals surface area contributed by atoms with Crippen molar-refractivity contribution in [2.75, 3.05) is 39.5 Å². The predicted molar refractivity (Wildman–Crippen MR) is 80.3 cm³/mol. The van der Waals surface area contributed by atoms with E-state index in [-0.39, 0.29) is 5.97 Å². The van der Waals surface area contributed by atoms with E-state index in [9.17, 15) is 4.79 Å². The number of nitrogens with zero attached hydrogens (tertiary/aromatic N) is 2. The largest absolute Gasteiger partial charge is 0.461 e. The van der Waals surface area contributed by atoms with E-state index < -0.39 is 8.56 Å². The van der Waals surface area contributed by atoms with Crippen LogP contribution in [-0.2, 0) is 13.6 Å². The van der Waals surface area contributed by atoms with E-state index in [1.807, 2.05) is 0 Å². The maximum absolute atomic E-state index is 11.8. The Bertz CT molecular complexity index is 444. The molecule has 0 bridgehead atoms. The fraction of sp³-hybridized carbons (Fsp3) is 0.571. The van der Waals surface area contributed by atoms with Crippen molar-refractivity contribution >= 4 is 14.5 Å². The summed E-state index contributed by atoms with van der Waals surface area (Å²) in [5.74, 6) is -0.314. The molecule has 0 N–H and O–H groups in total. The number of hydrogen-bond donors (Lipinski definition) is 0. The molecular weight excluding hydrogens is 288 g/mol. The quantitative estimate of drug-likeness (QED) is 0.617. The van der Waals surface area contributed by atoms with Crippen LogP contribution in [0.5, 0.6) is 0 Å². The molecule has 0 saturated carbocycles. The predicted octanol–water partition coefficient (Wildman–Crippen LogP) is 1.29. The van der Waals surface area contributed by atoms with Crippen LogP contribution in [0.1, 0.15) is 10.4 Å². The number of rotatable bonds is 4. The van der Waals surface area contributed by atoms with Gasteiger partial charge in [0.05, 0.1) is 5.56 Å². The van der Waals surface area contributed by atoms with E-state index in [0.29, 0.717) is 31.9 Å². The molecule has 0 aromatic carbocycles. The van der Waals surface area contributed by atoms with Crippen molar-refractivity contribution in [3.63, 3.8) is 0 Å². The maximum atomic E-state index is 11.8. The van der Waals surface area contributed by atoms with E-state index in [4.69, 9.17) is 13.6 Å². The maximum Gasteiger partial charge on any atom is 0.338 e. The van der Waals surface area contributed by atoms with Gasteiger partial charge < -0.3 is 13.6 Å². The fourth-order valence-corrected chi connectivity index (χ4v) is 3.31. The lowest BCUT2D eigenvalue weighted by molar-refractivity contribution is 0.0414. The fourth-order valence-electron chi connectivity index (χ4n) is 2.06. The minimum absolute atomic E-state index is 0.314. The highest BCUT2D eigenvalue weighted by Crippen LogP contribution is 2.09. The zero-order valence-corrected chi connectivity index (χ0v) is 13.6. The van der Waals surface area contributed by atoms with E-state index in [1.54, 1.807) is 24.5 Å². The molecule has 6 nitrogen and oxygen atoms in total. The Balaban J connectivity index is 1.70. The summed E-state index contributed by atoms with van der Waals surface area (Å²) < 4.78 is 16.8. The van der Waals surface area contributed by atoms with Gasteiger partial charge in [0, 0.05) is 45.2 Å². The second-order valence-electron chi connectivity index (χ2n) is 5.31. The van der Waals surface area contributed by atoms with Gasteiger partial charge in [0.25, 0.3) is 0 Å². The van der Waals surface area contributed by atoms with Crippen molar-refractivity contribution in [2.24, 2.45) is 0 Å². The number of pyridine rings is 1. The number of esters is 1. The number of aromatic nitrogens is 1. The molecule has 2 rings (SSSR count). The molecule has 0 radical (unpaired) electrons. The Hall–Kier alpha value is -1.28. The topological polar surface area (TPSA) is 60.9 Å². The number of carbonyl (C=O) groups excluding carboxylic acids is 1. The van der Waals surface area contributed by atoms with Gasteiger partial charge in [0.1, 0.15) is 6.61 Å². The Kier molecular flexibility index (Phi) is 5.86. The highest BCUT2D eigenvalue weighted by Gasteiger charge is 2.26. The summed E-state index contributed by atoms with van der Waals surface area (Å²) >= 11 is 0. The lowest BCUT2D eigenvalue weighted by Crippen LogP contribution is -2.45. The zero-order chi connectivity index (χ0) is 15.1. The average molecular weight is 310 g/mol. The third-order valence-electron chi connectivity index (χ3n) is 3.27. The van der Waals surface area contributed by atoms with Crippen LogP contribution in [0.25, 0.3) is 0 Å². The molecule has 1 aliphatic rings. The van der Waals surface area contributed by atoms with Gasteiger partial charge in [-0.2, -0.15) is 0 Å². The molecule has 1 saturated heterocycles. The molecule has 0 unspecified atom stereocenters. The monoisotopic (exact) mass is 310 g/mol. The van der Waals surface area contributed by atoms with E-state index in [0.717, 1.165) is 13.1 Å². The molecular formula is C14H22N2O4Si. The number of ether oxygens (including phenoxy) is 1. The third kappa shape index (κ3) is 5.54. The molecule has 0 spiro atoms. The second kappa shape index (κ2) is 7.65. The van der Waals surface area contributed by atoms with Gasteiger partial charge in [-0.05, 0) is 25.2 Å². The Morgan fingerprint density at radius 3 is 2.52 bits per heavy atom. The normalized spacial score (nSPS) is 19.5. The van der Waals surface area contributed by atoms with Gasteiger partial charge in [-0.3, -0.25) is 9.88 Å². The van der Waals surface area contributed by atoms with Crippen LogP contribution in [0, 0.1) is 0 Å². The summed E-state index contributed by atoms with van der Waals surface area (Å²) in [4.78, 5) is 17.8. The Morgan fingerprint density at radius 1 is 1.29 bits per heavy atom. The van der Waals surface area contributed by atoms with Gasteiger partial charge in [-0.1, -0.05) is 0 Å². The number of carbonyl (C=O) groups is 1. The number of hydrogen-bond acceptors (Lipinski definition) is 6. The minimum Gasteiger partial charge on any atom is -0.461 e. The first-order valence-electron chi connectivity index (χ1n) is 7.14. The van der Waals surface area contributed by atoms with Crippen LogP contribution in [0.4, 0.5) is 0 Å². The standard InChI is InChI=1S/C14H22N2O4Si/c1-21(2)19-11-8-16(9-12-20-21)7-10-18-14(17)13-3-5-15-6-4-13/h3-6H,7-12H2,1-2H3. The van der Waals surface area contributed by atoms with Crippen molar-refractivity contribution in [3.8, 4) is 0 Å². The molecule has 1 aromatic rings. The molecule has 1 aromatic heterocycles. The third-order valence-corrected chi connectivity index (χ3v) is 5.07. The summed E-state index contributed by atoms with van der Waals surface area (Å²) in [6, 6.07) is 3.29. The van der Waals surface area contributed by atoms with Crippen LogP contribution in [0.15, 0.2) is 24.5 Å². The lowest BCUT2D eigenvalue weighted by atomic mass is 10.3. The lowest BCUT2D eigenvalue weighted by Gasteiger charge is -2.31. The van der Waals surface area contributed by atoms with Crippen LogP contribution in [0.2, 0.25) is 13.1 Å². The van der Waals surface area contributed by atoms with Crippen molar-refractivity contribution < 1.29 is 18.4 Å². The van der Waals surface area contributed by atoms with Crippen LogP contribution < -0.4 is 0 Å². The molecule has 1 fully saturated rings. The molecule has 0 amide bonds. The first kappa shape index (κ1) is 16.1. The smallest absolute Gasteiger partial charge is 0.338 e. The highest BCUT2D eigenvalue weighted by atomic mass is 28.4. The van der Waals surface area contributed by atoms with Crippen molar-refractivity contribution in [1.29, 1.82) is 0 Å². The van der Waals surface area contributed by atoms with Gasteiger partial charge >= 0.3 is 14.5 Å². The summed E-state index contributed by atoms with van der Waals surface area (Å²) in [5.41, 5.74) is 0.525. The van der Waals surface area contributed by atoms with Gasteiger partial charge in [-0.15, -0.1) is 0 Å². The van der Waals surface area contributed by atoms with Crippen LogP contribution in [-0.4, -0.2) is 63.9 Å². The average Bonchev–Trinajstić information content (AvgIpc) is 2.45. The molecule has 0 atom stereocenters. The molecule has 1 aliphatic heterocycles. The summed E-state index contributed by atoms with van der Waals surface area (Å²) in [7, 11) is -1.91. The minimum atomic E-state index is -1.91. The van der Waals surface area contributed by atoms with E-state index in [2.05, 4.69) is 23.0 Å². The van der Waals surface area contributed by atoms with Crippen molar-refractivity contribution in [3.05, 3.63) is 30.1 Å². The van der Waals surface area contributed by atoms with Crippen LogP contribution in [0.3, 0.4) is 0 Å². The van der Waals surface area contributed by atoms with Crippen LogP contribution >= 0.6 is 0 Å². The van der Waals surface area contributed by atoms with Gasteiger partial charge in [0.15, 0.2) is 0 Å². The zero-order valence-electron chi connectivity index (χ0n) is 12.6. The summed E-state index contributed by atoms with van der Waals surface area (Å²) in [5, 5.41) is 0. The molecule has 7 heteroatoms. The Labute approximate surface area is 126 Å².